The van der Waals surface area contributed by atoms with Crippen LogP contribution in [0.1, 0.15) is 84.5 Å². The number of unbranched alkanes of at least 4 members (excludes halogenated alkanes) is 8. The number of nitrogens with two attached hydrogens (primary N) is 1. The molecule has 0 aliphatic rings. The van der Waals surface area contributed by atoms with Gasteiger partial charge in [-0.2, -0.15) is 0 Å². The zero-order valence-corrected chi connectivity index (χ0v) is 12.1. The molecule has 0 aromatic rings. The van der Waals surface area contributed by atoms with Crippen molar-refractivity contribution in [1.82, 2.24) is 0 Å². The molecule has 102 valence electrons. The Balaban J connectivity index is 3.04. The van der Waals surface area contributed by atoms with Crippen molar-refractivity contribution in [3.05, 3.63) is 12.2 Å². The van der Waals surface area contributed by atoms with E-state index in [1.807, 2.05) is 0 Å². The summed E-state index contributed by atoms with van der Waals surface area (Å²) in [6.07, 6.45) is 19.4. The normalized spacial score (nSPS) is 13.4. The molecule has 0 aliphatic carbocycles. The summed E-state index contributed by atoms with van der Waals surface area (Å²) in [6.45, 7) is 4.36. The summed E-state index contributed by atoms with van der Waals surface area (Å²) in [5, 5.41) is 0. The molecule has 0 radical (unpaired) electrons. The molecule has 1 heteroatoms. The molecule has 0 heterocycles. The average molecular weight is 239 g/mol. The molecule has 1 unspecified atom stereocenters. The summed E-state index contributed by atoms with van der Waals surface area (Å²) in [6, 6.07) is 0.387. The Morgan fingerprint density at radius 2 is 1.35 bits per heavy atom. The van der Waals surface area contributed by atoms with Gasteiger partial charge in [-0.15, -0.1) is 0 Å². The van der Waals surface area contributed by atoms with E-state index in [1.165, 1.54) is 70.6 Å². The van der Waals surface area contributed by atoms with Crippen molar-refractivity contribution in [2.45, 2.75) is 90.5 Å². The van der Waals surface area contributed by atoms with Crippen LogP contribution in [0.25, 0.3) is 0 Å². The third kappa shape index (κ3) is 15.7. The third-order valence-corrected chi connectivity index (χ3v) is 3.17. The summed E-state index contributed by atoms with van der Waals surface area (Å²) in [7, 11) is 0. The molecule has 0 spiro atoms. The van der Waals surface area contributed by atoms with Crippen LogP contribution in [0.3, 0.4) is 0 Å². The Bertz CT molecular complexity index is 161. The van der Waals surface area contributed by atoms with E-state index in [0.29, 0.717) is 6.04 Å². The maximum absolute atomic E-state index is 5.71. The van der Waals surface area contributed by atoms with Gasteiger partial charge in [-0.25, -0.2) is 0 Å². The van der Waals surface area contributed by atoms with Gasteiger partial charge in [0.25, 0.3) is 0 Å². The molecule has 0 fully saturated rings. The summed E-state index contributed by atoms with van der Waals surface area (Å²) >= 11 is 0. The summed E-state index contributed by atoms with van der Waals surface area (Å²) in [4.78, 5) is 0. The largest absolute Gasteiger partial charge is 0.328 e. The predicted octanol–water partition coefficient (Wildman–Crippen LogP) is 5.20. The molecule has 1 atom stereocenters. The van der Waals surface area contributed by atoms with Crippen LogP contribution in [-0.4, -0.2) is 6.04 Å². The molecule has 0 amide bonds. The highest BCUT2D eigenvalue weighted by atomic mass is 14.6. The van der Waals surface area contributed by atoms with E-state index in [9.17, 15) is 0 Å². The van der Waals surface area contributed by atoms with Crippen molar-refractivity contribution in [3.63, 3.8) is 0 Å². The first-order chi connectivity index (χ1) is 8.27. The number of allylic oxidation sites excluding steroid dienone is 2. The second-order valence-electron chi connectivity index (χ2n) is 5.29. The molecule has 0 aromatic heterocycles. The zero-order chi connectivity index (χ0) is 12.8. The minimum atomic E-state index is 0.387. The molecule has 0 saturated heterocycles. The Labute approximate surface area is 109 Å². The van der Waals surface area contributed by atoms with E-state index in [0.717, 1.165) is 0 Å². The first-order valence-corrected chi connectivity index (χ1v) is 7.68. The Morgan fingerprint density at radius 1 is 0.824 bits per heavy atom. The average Bonchev–Trinajstić information content (AvgIpc) is 2.30. The topological polar surface area (TPSA) is 26.0 Å². The fourth-order valence-electron chi connectivity index (χ4n) is 2.01. The summed E-state index contributed by atoms with van der Waals surface area (Å²) in [5.41, 5.74) is 5.71. The van der Waals surface area contributed by atoms with E-state index in [2.05, 4.69) is 26.0 Å². The van der Waals surface area contributed by atoms with E-state index in [4.69, 9.17) is 5.73 Å². The van der Waals surface area contributed by atoms with Crippen molar-refractivity contribution < 1.29 is 0 Å². The smallest absolute Gasteiger partial charge is 0.00104 e. The fraction of sp³-hybridized carbons (Fsp3) is 0.875. The third-order valence-electron chi connectivity index (χ3n) is 3.17. The van der Waals surface area contributed by atoms with E-state index in [-0.39, 0.29) is 0 Å². The maximum atomic E-state index is 5.71. The molecular weight excluding hydrogens is 206 g/mol. The highest BCUT2D eigenvalue weighted by molar-refractivity contribution is 4.81. The van der Waals surface area contributed by atoms with Gasteiger partial charge in [-0.3, -0.25) is 0 Å². The van der Waals surface area contributed by atoms with Crippen LogP contribution >= 0.6 is 0 Å². The molecular formula is C16H33N. The Morgan fingerprint density at radius 3 is 1.88 bits per heavy atom. The lowest BCUT2D eigenvalue weighted by atomic mass is 10.1. The van der Waals surface area contributed by atoms with Gasteiger partial charge in [-0.1, -0.05) is 57.6 Å². The van der Waals surface area contributed by atoms with Crippen LogP contribution in [0.15, 0.2) is 12.2 Å². The van der Waals surface area contributed by atoms with Crippen LogP contribution in [0.5, 0.6) is 0 Å². The Hall–Kier alpha value is -0.300. The lowest BCUT2D eigenvalue weighted by Gasteiger charge is -2.03. The molecule has 0 rings (SSSR count). The van der Waals surface area contributed by atoms with E-state index >= 15 is 0 Å². The van der Waals surface area contributed by atoms with Crippen molar-refractivity contribution in [2.24, 2.45) is 5.73 Å². The first kappa shape index (κ1) is 16.7. The molecule has 1 nitrogen and oxygen atoms in total. The van der Waals surface area contributed by atoms with Crippen LogP contribution in [0, 0.1) is 0 Å². The minimum absolute atomic E-state index is 0.387. The van der Waals surface area contributed by atoms with Gasteiger partial charge in [0.15, 0.2) is 0 Å². The SMILES string of the molecule is CCCCCC/C=C/CCCCCCC(C)N. The molecule has 0 aromatic carbocycles. The lowest BCUT2D eigenvalue weighted by Crippen LogP contribution is -2.13. The number of rotatable bonds is 12. The zero-order valence-electron chi connectivity index (χ0n) is 12.1. The second kappa shape index (κ2) is 13.8. The van der Waals surface area contributed by atoms with Crippen molar-refractivity contribution >= 4 is 0 Å². The highest BCUT2D eigenvalue weighted by Crippen LogP contribution is 2.08. The monoisotopic (exact) mass is 239 g/mol. The fourth-order valence-corrected chi connectivity index (χ4v) is 2.01. The van der Waals surface area contributed by atoms with E-state index in [1.54, 1.807) is 0 Å². The van der Waals surface area contributed by atoms with Gasteiger partial charge >= 0.3 is 0 Å². The van der Waals surface area contributed by atoms with Crippen LogP contribution < -0.4 is 5.73 Å². The van der Waals surface area contributed by atoms with Gasteiger partial charge in [-0.05, 0) is 39.0 Å². The molecule has 17 heavy (non-hydrogen) atoms. The van der Waals surface area contributed by atoms with Gasteiger partial charge in [0.2, 0.25) is 0 Å². The van der Waals surface area contributed by atoms with Crippen LogP contribution in [-0.2, 0) is 0 Å². The highest BCUT2D eigenvalue weighted by Gasteiger charge is 1.93. The van der Waals surface area contributed by atoms with Crippen LogP contribution in [0.4, 0.5) is 0 Å². The summed E-state index contributed by atoms with van der Waals surface area (Å²) in [5.74, 6) is 0. The summed E-state index contributed by atoms with van der Waals surface area (Å²) < 4.78 is 0. The molecule has 2 N–H and O–H groups in total. The minimum Gasteiger partial charge on any atom is -0.328 e. The molecule has 0 bridgehead atoms. The van der Waals surface area contributed by atoms with Gasteiger partial charge < -0.3 is 5.73 Å². The number of hydrogen-bond donors (Lipinski definition) is 1. The maximum Gasteiger partial charge on any atom is 0.00104 e. The van der Waals surface area contributed by atoms with Crippen molar-refractivity contribution in [2.75, 3.05) is 0 Å². The van der Waals surface area contributed by atoms with Gasteiger partial charge in [0, 0.05) is 6.04 Å². The Kier molecular flexibility index (Phi) is 13.5. The quantitative estimate of drug-likeness (QED) is 0.367. The predicted molar refractivity (Wildman–Crippen MR) is 79.3 cm³/mol. The number of hydrogen-bond acceptors (Lipinski definition) is 1. The lowest BCUT2D eigenvalue weighted by molar-refractivity contribution is 0.568. The van der Waals surface area contributed by atoms with Crippen molar-refractivity contribution in [1.29, 1.82) is 0 Å². The van der Waals surface area contributed by atoms with Gasteiger partial charge in [0.05, 0.1) is 0 Å². The van der Waals surface area contributed by atoms with Crippen LogP contribution in [0.2, 0.25) is 0 Å². The molecule has 0 saturated carbocycles. The molecule has 0 aliphatic heterocycles. The first-order valence-electron chi connectivity index (χ1n) is 7.68. The van der Waals surface area contributed by atoms with Gasteiger partial charge in [0.1, 0.15) is 0 Å². The standard InChI is InChI=1S/C16H33N/c1-3-4-5-6-7-8-9-10-11-12-13-14-15-16(2)17/h8-9,16H,3-7,10-15,17H2,1-2H3/b9-8+. The second-order valence-corrected chi connectivity index (χ2v) is 5.29. The van der Waals surface area contributed by atoms with E-state index < -0.39 is 0 Å². The van der Waals surface area contributed by atoms with Crippen molar-refractivity contribution in [3.8, 4) is 0 Å².